The molecule has 0 aromatic heterocycles. The summed E-state index contributed by atoms with van der Waals surface area (Å²) in [5.74, 6) is -1.74. The number of amides is 4. The molecule has 2 atom stereocenters. The van der Waals surface area contributed by atoms with Crippen LogP contribution in [0.4, 0.5) is 4.79 Å². The Morgan fingerprint density at radius 2 is 1.92 bits per heavy atom. The van der Waals surface area contributed by atoms with Crippen molar-refractivity contribution >= 4 is 23.8 Å². The zero-order chi connectivity index (χ0) is 18.2. The van der Waals surface area contributed by atoms with E-state index in [1.165, 1.54) is 0 Å². The second-order valence-electron chi connectivity index (χ2n) is 7.60. The van der Waals surface area contributed by atoms with Crippen molar-refractivity contribution in [2.24, 2.45) is 11.8 Å². The summed E-state index contributed by atoms with van der Waals surface area (Å²) in [4.78, 5) is 51.1. The quantitative estimate of drug-likeness (QED) is 0.729. The first-order chi connectivity index (χ1) is 11.8. The number of carbonyl (C=O) groups is 4. The van der Waals surface area contributed by atoms with Crippen LogP contribution < -0.4 is 5.32 Å². The van der Waals surface area contributed by atoms with E-state index in [0.29, 0.717) is 25.8 Å². The highest BCUT2D eigenvalue weighted by Gasteiger charge is 2.52. The van der Waals surface area contributed by atoms with Gasteiger partial charge in [-0.1, -0.05) is 19.8 Å². The zero-order valence-electron chi connectivity index (χ0n) is 14.5. The molecule has 3 fully saturated rings. The number of carboxylic acids is 1. The van der Waals surface area contributed by atoms with Crippen LogP contribution in [0.2, 0.25) is 0 Å². The molecule has 0 aromatic carbocycles. The van der Waals surface area contributed by atoms with Crippen LogP contribution in [-0.2, 0) is 14.4 Å². The number of hydrogen-bond acceptors (Lipinski definition) is 4. The summed E-state index contributed by atoms with van der Waals surface area (Å²) in [6.45, 7) is 2.69. The number of rotatable bonds is 4. The molecule has 0 bridgehead atoms. The Kier molecular flexibility index (Phi) is 4.71. The molecule has 0 radical (unpaired) electrons. The minimum absolute atomic E-state index is 0.0360. The zero-order valence-corrected chi connectivity index (χ0v) is 14.5. The Morgan fingerprint density at radius 3 is 2.56 bits per heavy atom. The number of carbonyl (C=O) groups excluding carboxylic acids is 3. The lowest BCUT2D eigenvalue weighted by Crippen LogP contribution is -2.47. The molecular formula is C17H25N3O5. The third kappa shape index (κ3) is 3.34. The third-order valence-electron chi connectivity index (χ3n) is 5.61. The van der Waals surface area contributed by atoms with Gasteiger partial charge in [0.05, 0.1) is 5.92 Å². The monoisotopic (exact) mass is 351 g/mol. The normalized spacial score (nSPS) is 28.5. The Morgan fingerprint density at radius 1 is 1.24 bits per heavy atom. The van der Waals surface area contributed by atoms with Crippen LogP contribution in [0.5, 0.6) is 0 Å². The number of aliphatic carboxylic acids is 1. The largest absolute Gasteiger partial charge is 0.481 e. The van der Waals surface area contributed by atoms with Crippen molar-refractivity contribution in [1.29, 1.82) is 0 Å². The van der Waals surface area contributed by atoms with Crippen LogP contribution in [0.1, 0.15) is 45.4 Å². The molecule has 8 nitrogen and oxygen atoms in total. The molecule has 2 aliphatic heterocycles. The molecule has 2 unspecified atom stereocenters. The lowest BCUT2D eigenvalue weighted by Gasteiger charge is -2.35. The summed E-state index contributed by atoms with van der Waals surface area (Å²) >= 11 is 0. The number of likely N-dealkylation sites (tertiary alicyclic amines) is 1. The first kappa shape index (κ1) is 17.7. The molecule has 2 saturated heterocycles. The molecule has 0 aromatic rings. The molecule has 1 spiro atoms. The predicted molar refractivity (Wildman–Crippen MR) is 87.5 cm³/mol. The van der Waals surface area contributed by atoms with Gasteiger partial charge in [-0.3, -0.25) is 19.3 Å². The van der Waals surface area contributed by atoms with Crippen molar-refractivity contribution in [2.45, 2.75) is 51.0 Å². The van der Waals surface area contributed by atoms with E-state index >= 15 is 0 Å². The maximum atomic E-state index is 12.6. The van der Waals surface area contributed by atoms with Gasteiger partial charge in [0.2, 0.25) is 5.91 Å². The van der Waals surface area contributed by atoms with Gasteiger partial charge in [-0.2, -0.15) is 0 Å². The molecular weight excluding hydrogens is 326 g/mol. The number of urea groups is 1. The van der Waals surface area contributed by atoms with Crippen LogP contribution in [-0.4, -0.2) is 63.9 Å². The van der Waals surface area contributed by atoms with E-state index in [4.69, 9.17) is 0 Å². The first-order valence-electron chi connectivity index (χ1n) is 8.97. The standard InChI is InChI=1S/C17H25N3O5/c1-11-8-12(14(22)23)10-19(9-11)13(21)4-7-20-15(24)17(18-16(20)25)5-2-3-6-17/h11-12H,2-10H2,1H3,(H,18,25)(H,22,23). The summed E-state index contributed by atoms with van der Waals surface area (Å²) in [6.07, 6.45) is 3.75. The lowest BCUT2D eigenvalue weighted by molar-refractivity contribution is -0.146. The highest BCUT2D eigenvalue weighted by molar-refractivity contribution is 6.07. The highest BCUT2D eigenvalue weighted by Crippen LogP contribution is 2.35. The van der Waals surface area contributed by atoms with Gasteiger partial charge in [-0.05, 0) is 25.2 Å². The van der Waals surface area contributed by atoms with E-state index in [1.807, 2.05) is 6.92 Å². The fourth-order valence-corrected chi connectivity index (χ4v) is 4.30. The Balaban J connectivity index is 1.58. The minimum Gasteiger partial charge on any atom is -0.481 e. The van der Waals surface area contributed by atoms with Gasteiger partial charge in [-0.15, -0.1) is 0 Å². The fraction of sp³-hybridized carbons (Fsp3) is 0.765. The average Bonchev–Trinajstić information content (AvgIpc) is 3.11. The Bertz CT molecular complexity index is 599. The summed E-state index contributed by atoms with van der Waals surface area (Å²) in [6, 6.07) is -0.421. The number of imide groups is 1. The molecule has 3 aliphatic rings. The summed E-state index contributed by atoms with van der Waals surface area (Å²) in [5, 5.41) is 12.0. The van der Waals surface area contributed by atoms with Crippen LogP contribution in [0, 0.1) is 11.8 Å². The van der Waals surface area contributed by atoms with Gasteiger partial charge >= 0.3 is 12.0 Å². The third-order valence-corrected chi connectivity index (χ3v) is 5.61. The summed E-state index contributed by atoms with van der Waals surface area (Å²) < 4.78 is 0. The SMILES string of the molecule is CC1CC(C(=O)O)CN(C(=O)CCN2C(=O)NC3(CCCC3)C2=O)C1. The van der Waals surface area contributed by atoms with Gasteiger partial charge < -0.3 is 15.3 Å². The smallest absolute Gasteiger partial charge is 0.325 e. The Labute approximate surface area is 146 Å². The molecule has 2 N–H and O–H groups in total. The van der Waals surface area contributed by atoms with Gasteiger partial charge in [0, 0.05) is 26.1 Å². The van der Waals surface area contributed by atoms with Crippen molar-refractivity contribution in [2.75, 3.05) is 19.6 Å². The lowest BCUT2D eigenvalue weighted by atomic mass is 9.90. The van der Waals surface area contributed by atoms with E-state index in [9.17, 15) is 24.3 Å². The Hall–Kier alpha value is -2.12. The highest BCUT2D eigenvalue weighted by atomic mass is 16.4. The fourth-order valence-electron chi connectivity index (χ4n) is 4.30. The van der Waals surface area contributed by atoms with E-state index in [-0.39, 0.29) is 37.2 Å². The van der Waals surface area contributed by atoms with Crippen LogP contribution >= 0.6 is 0 Å². The van der Waals surface area contributed by atoms with Crippen molar-refractivity contribution < 1.29 is 24.3 Å². The first-order valence-corrected chi connectivity index (χ1v) is 8.97. The number of hydrogen-bond donors (Lipinski definition) is 2. The van der Waals surface area contributed by atoms with Crippen LogP contribution in [0.15, 0.2) is 0 Å². The number of nitrogens with one attached hydrogen (secondary N) is 1. The van der Waals surface area contributed by atoms with Crippen molar-refractivity contribution in [3.63, 3.8) is 0 Å². The number of piperidine rings is 1. The molecule has 2 heterocycles. The van der Waals surface area contributed by atoms with E-state index in [0.717, 1.165) is 17.7 Å². The van der Waals surface area contributed by atoms with Crippen molar-refractivity contribution in [3.05, 3.63) is 0 Å². The number of carboxylic acid groups (broad SMARTS) is 1. The molecule has 25 heavy (non-hydrogen) atoms. The minimum atomic E-state index is -0.887. The van der Waals surface area contributed by atoms with Gasteiger partial charge in [0.1, 0.15) is 5.54 Å². The number of nitrogens with zero attached hydrogens (tertiary/aromatic N) is 2. The van der Waals surface area contributed by atoms with Gasteiger partial charge in [-0.25, -0.2) is 4.79 Å². The summed E-state index contributed by atoms with van der Waals surface area (Å²) in [7, 11) is 0. The molecule has 3 rings (SSSR count). The van der Waals surface area contributed by atoms with Gasteiger partial charge in [0.15, 0.2) is 0 Å². The van der Waals surface area contributed by atoms with Crippen LogP contribution in [0.3, 0.4) is 0 Å². The van der Waals surface area contributed by atoms with E-state index < -0.39 is 23.5 Å². The average molecular weight is 351 g/mol. The maximum absolute atomic E-state index is 12.6. The summed E-state index contributed by atoms with van der Waals surface area (Å²) in [5.41, 5.74) is -0.756. The molecule has 1 saturated carbocycles. The topological polar surface area (TPSA) is 107 Å². The molecule has 4 amide bonds. The molecule has 138 valence electrons. The van der Waals surface area contributed by atoms with E-state index in [2.05, 4.69) is 5.32 Å². The second kappa shape index (κ2) is 6.65. The predicted octanol–water partition coefficient (Wildman–Crippen LogP) is 0.810. The van der Waals surface area contributed by atoms with E-state index in [1.54, 1.807) is 4.90 Å². The maximum Gasteiger partial charge on any atom is 0.325 e. The van der Waals surface area contributed by atoms with Crippen molar-refractivity contribution in [3.8, 4) is 0 Å². The van der Waals surface area contributed by atoms with Crippen molar-refractivity contribution in [1.82, 2.24) is 15.1 Å². The van der Waals surface area contributed by atoms with Gasteiger partial charge in [0.25, 0.3) is 5.91 Å². The molecule has 8 heteroatoms. The van der Waals surface area contributed by atoms with Crippen LogP contribution in [0.25, 0.3) is 0 Å². The molecule has 1 aliphatic carbocycles. The second-order valence-corrected chi connectivity index (χ2v) is 7.60.